The molecule has 2 fully saturated rings. The summed E-state index contributed by atoms with van der Waals surface area (Å²) in [5, 5.41) is 13.6. The molecular weight excluding hydrogens is 328 g/mol. The average molecular weight is 346 g/mol. The lowest BCUT2D eigenvalue weighted by Gasteiger charge is -2.34. The minimum Gasteiger partial charge on any atom is -0.366 e. The Hall–Kier alpha value is -2.40. The molecule has 1 atom stereocenters. The summed E-state index contributed by atoms with van der Waals surface area (Å²) in [5.41, 5.74) is 4.68. The van der Waals surface area contributed by atoms with E-state index in [-0.39, 0.29) is 17.9 Å². The normalized spacial score (nSPS) is 21.6. The van der Waals surface area contributed by atoms with Gasteiger partial charge in [0.1, 0.15) is 5.41 Å². The van der Waals surface area contributed by atoms with Crippen molar-refractivity contribution in [2.24, 2.45) is 11.1 Å². The Labute approximate surface area is 143 Å². The van der Waals surface area contributed by atoms with Gasteiger partial charge in [-0.15, -0.1) is 11.3 Å². The molecule has 8 heteroatoms. The van der Waals surface area contributed by atoms with E-state index in [9.17, 15) is 14.4 Å². The van der Waals surface area contributed by atoms with Gasteiger partial charge in [0.2, 0.25) is 11.8 Å². The monoisotopic (exact) mass is 346 g/mol. The highest BCUT2D eigenvalue weighted by molar-refractivity contribution is 7.12. The number of nitriles is 1. The van der Waals surface area contributed by atoms with E-state index in [0.29, 0.717) is 36.4 Å². The van der Waals surface area contributed by atoms with Crippen LogP contribution in [-0.2, 0) is 4.79 Å². The lowest BCUT2D eigenvalue weighted by atomic mass is 10.0. The van der Waals surface area contributed by atoms with E-state index in [1.54, 1.807) is 10.3 Å². The number of nitrogens with two attached hydrogens (primary N) is 1. The second-order valence-electron chi connectivity index (χ2n) is 6.32. The van der Waals surface area contributed by atoms with Gasteiger partial charge in [0.05, 0.1) is 16.5 Å². The largest absolute Gasteiger partial charge is 0.366 e. The molecular formula is C16H18N4O3S. The molecule has 3 N–H and O–H groups in total. The zero-order chi connectivity index (χ0) is 17.3. The number of carbonyl (C=O) groups excluding carboxylic acids is 3. The summed E-state index contributed by atoms with van der Waals surface area (Å²) in [6.07, 6.45) is 2.82. The lowest BCUT2D eigenvalue weighted by molar-refractivity contribution is -0.136. The first-order valence-electron chi connectivity index (χ1n) is 7.85. The number of nitrogens with zero attached hydrogens (tertiary/aromatic N) is 2. The van der Waals surface area contributed by atoms with Crippen LogP contribution < -0.4 is 11.1 Å². The van der Waals surface area contributed by atoms with Gasteiger partial charge in [-0.05, 0) is 31.7 Å². The van der Waals surface area contributed by atoms with Crippen LogP contribution in [0.15, 0.2) is 11.4 Å². The number of hydrogen-bond donors (Lipinski definition) is 2. The number of thiophene rings is 1. The predicted molar refractivity (Wildman–Crippen MR) is 87.2 cm³/mol. The summed E-state index contributed by atoms with van der Waals surface area (Å²) in [6.45, 7) is 1.04. The fraction of sp³-hybridized carbons (Fsp3) is 0.500. The van der Waals surface area contributed by atoms with Crippen molar-refractivity contribution >= 4 is 29.1 Å². The number of piperidine rings is 1. The van der Waals surface area contributed by atoms with Crippen molar-refractivity contribution in [1.82, 2.24) is 10.2 Å². The highest BCUT2D eigenvalue weighted by Gasteiger charge is 2.53. The van der Waals surface area contributed by atoms with Crippen molar-refractivity contribution in [3.05, 3.63) is 21.9 Å². The third kappa shape index (κ3) is 3.12. The maximum atomic E-state index is 12.4. The van der Waals surface area contributed by atoms with Gasteiger partial charge in [-0.1, -0.05) is 0 Å². The molecule has 2 heterocycles. The SMILES string of the molecule is N#CC1(C(=O)N2CCCC(NC(=O)c3cc(C(N)=O)cs3)C2)CC1. The van der Waals surface area contributed by atoms with Crippen molar-refractivity contribution in [2.45, 2.75) is 31.7 Å². The fourth-order valence-electron chi connectivity index (χ4n) is 2.92. The van der Waals surface area contributed by atoms with Crippen LogP contribution in [0.3, 0.4) is 0 Å². The molecule has 0 radical (unpaired) electrons. The molecule has 1 aliphatic carbocycles. The molecule has 0 spiro atoms. The van der Waals surface area contributed by atoms with Crippen molar-refractivity contribution < 1.29 is 14.4 Å². The van der Waals surface area contributed by atoms with E-state index >= 15 is 0 Å². The molecule has 3 rings (SSSR count). The lowest BCUT2D eigenvalue weighted by Crippen LogP contribution is -2.51. The molecule has 1 aromatic heterocycles. The average Bonchev–Trinajstić information content (AvgIpc) is 3.21. The molecule has 1 aliphatic heterocycles. The van der Waals surface area contributed by atoms with Gasteiger partial charge >= 0.3 is 0 Å². The molecule has 24 heavy (non-hydrogen) atoms. The summed E-state index contributed by atoms with van der Waals surface area (Å²) in [4.78, 5) is 37.9. The molecule has 0 aromatic carbocycles. The molecule has 0 bridgehead atoms. The third-order valence-corrected chi connectivity index (χ3v) is 5.45. The predicted octanol–water partition coefficient (Wildman–Crippen LogP) is 0.872. The topological polar surface area (TPSA) is 116 Å². The van der Waals surface area contributed by atoms with Gasteiger partial charge < -0.3 is 16.0 Å². The van der Waals surface area contributed by atoms with E-state index in [0.717, 1.165) is 24.2 Å². The maximum Gasteiger partial charge on any atom is 0.261 e. The number of amides is 3. The van der Waals surface area contributed by atoms with Gasteiger partial charge in [-0.3, -0.25) is 14.4 Å². The van der Waals surface area contributed by atoms with Crippen molar-refractivity contribution in [1.29, 1.82) is 5.26 Å². The molecule has 7 nitrogen and oxygen atoms in total. The van der Waals surface area contributed by atoms with Crippen molar-refractivity contribution in [2.75, 3.05) is 13.1 Å². The van der Waals surface area contributed by atoms with E-state index in [2.05, 4.69) is 11.4 Å². The van der Waals surface area contributed by atoms with Crippen LogP contribution in [0.1, 0.15) is 45.7 Å². The zero-order valence-corrected chi connectivity index (χ0v) is 13.9. The number of rotatable bonds is 4. The Balaban J connectivity index is 1.61. The maximum absolute atomic E-state index is 12.4. The van der Waals surface area contributed by atoms with Gasteiger partial charge in [0.25, 0.3) is 5.91 Å². The fourth-order valence-corrected chi connectivity index (χ4v) is 3.72. The van der Waals surface area contributed by atoms with Gasteiger partial charge in [0, 0.05) is 24.5 Å². The Bertz CT molecular complexity index is 732. The van der Waals surface area contributed by atoms with Crippen LogP contribution >= 0.6 is 11.3 Å². The van der Waals surface area contributed by atoms with Crippen LogP contribution in [0, 0.1) is 16.7 Å². The molecule has 3 amide bonds. The first-order valence-corrected chi connectivity index (χ1v) is 8.73. The molecule has 1 saturated carbocycles. The number of nitrogens with one attached hydrogen (secondary N) is 1. The summed E-state index contributed by atoms with van der Waals surface area (Å²) >= 11 is 1.16. The Morgan fingerprint density at radius 1 is 1.42 bits per heavy atom. The molecule has 1 unspecified atom stereocenters. The van der Waals surface area contributed by atoms with E-state index in [1.807, 2.05) is 0 Å². The third-order valence-electron chi connectivity index (χ3n) is 4.52. The summed E-state index contributed by atoms with van der Waals surface area (Å²) in [6, 6.07) is 3.45. The van der Waals surface area contributed by atoms with Crippen LogP contribution in [0.2, 0.25) is 0 Å². The van der Waals surface area contributed by atoms with E-state index in [1.165, 1.54) is 6.07 Å². The summed E-state index contributed by atoms with van der Waals surface area (Å²) in [7, 11) is 0. The minimum absolute atomic E-state index is 0.115. The van der Waals surface area contributed by atoms with Crippen LogP contribution in [0.5, 0.6) is 0 Å². The smallest absolute Gasteiger partial charge is 0.261 e. The second kappa shape index (κ2) is 6.24. The highest BCUT2D eigenvalue weighted by atomic mass is 32.1. The Morgan fingerprint density at radius 2 is 2.17 bits per heavy atom. The van der Waals surface area contributed by atoms with Crippen LogP contribution in [0.4, 0.5) is 0 Å². The Kier molecular flexibility index (Phi) is 4.28. The highest BCUT2D eigenvalue weighted by Crippen LogP contribution is 2.46. The van der Waals surface area contributed by atoms with Gasteiger partial charge in [0.15, 0.2) is 0 Å². The van der Waals surface area contributed by atoms with Crippen molar-refractivity contribution in [3.63, 3.8) is 0 Å². The standard InChI is InChI=1S/C16H18N4O3S/c17-9-16(3-4-16)15(23)20-5-1-2-11(7-20)19-14(22)12-6-10(8-24-12)13(18)21/h6,8,11H,1-5,7H2,(H2,18,21)(H,19,22). The molecule has 1 aromatic rings. The van der Waals surface area contributed by atoms with Crippen molar-refractivity contribution in [3.8, 4) is 6.07 Å². The van der Waals surface area contributed by atoms with E-state index < -0.39 is 11.3 Å². The summed E-state index contributed by atoms with van der Waals surface area (Å²) < 4.78 is 0. The second-order valence-corrected chi connectivity index (χ2v) is 7.23. The number of hydrogen-bond acceptors (Lipinski definition) is 5. The van der Waals surface area contributed by atoms with E-state index in [4.69, 9.17) is 11.0 Å². The number of primary amides is 1. The number of carbonyl (C=O) groups is 3. The first-order chi connectivity index (χ1) is 11.4. The molecule has 1 saturated heterocycles. The van der Waals surface area contributed by atoms with Gasteiger partial charge in [-0.2, -0.15) is 5.26 Å². The first kappa shape index (κ1) is 16.5. The van der Waals surface area contributed by atoms with Gasteiger partial charge in [-0.25, -0.2) is 0 Å². The molecule has 2 aliphatic rings. The zero-order valence-electron chi connectivity index (χ0n) is 13.1. The van der Waals surface area contributed by atoms with Crippen LogP contribution in [-0.4, -0.2) is 41.8 Å². The number of likely N-dealkylation sites (tertiary alicyclic amines) is 1. The summed E-state index contributed by atoms with van der Waals surface area (Å²) in [5.74, 6) is -0.949. The van der Waals surface area contributed by atoms with Crippen LogP contribution in [0.25, 0.3) is 0 Å². The minimum atomic E-state index is -0.823. The quantitative estimate of drug-likeness (QED) is 0.841. The Morgan fingerprint density at radius 3 is 2.75 bits per heavy atom. The molecule has 126 valence electrons.